The molecule has 2 aromatic rings. The van der Waals surface area contributed by atoms with Crippen molar-refractivity contribution in [3.8, 4) is 5.75 Å². The summed E-state index contributed by atoms with van der Waals surface area (Å²) in [5.41, 5.74) is 28.7. The van der Waals surface area contributed by atoms with Gasteiger partial charge in [0.25, 0.3) is 11.8 Å². The molecule has 36 heteroatoms. The molecule has 15 amide bonds. The van der Waals surface area contributed by atoms with Crippen LogP contribution in [0.25, 0.3) is 0 Å². The van der Waals surface area contributed by atoms with Crippen LogP contribution in [-0.4, -0.2) is 191 Å². The van der Waals surface area contributed by atoms with Crippen LogP contribution < -0.4 is 102 Å². The van der Waals surface area contributed by atoms with Crippen molar-refractivity contribution in [3.63, 3.8) is 0 Å². The number of hydrogen-bond acceptors (Lipinski definition) is 20. The smallest absolute Gasteiger partial charge is 0.313 e. The molecule has 0 spiro atoms. The summed E-state index contributed by atoms with van der Waals surface area (Å²) in [6, 6.07) is -10.3. The molecule has 2 rings (SSSR count). The first kappa shape index (κ1) is 100. The number of nitrogens with one attached hydrogen (secondary N) is 15. The Morgan fingerprint density at radius 2 is 0.904 bits per heavy atom. The number of imidazole rings is 1. The van der Waals surface area contributed by atoms with Gasteiger partial charge in [0.05, 0.1) is 31.1 Å². The number of methoxy groups -OCH3 is 1. The minimum absolute atomic E-state index is 0.00329. The molecule has 1 aromatic carbocycles. The Balaban J connectivity index is 2.23. The number of hydrogen-bond donors (Lipinski definition) is 19. The van der Waals surface area contributed by atoms with Gasteiger partial charge in [0, 0.05) is 30.5 Å². The predicted molar refractivity (Wildman–Crippen MR) is 430 cm³/mol. The number of carbonyl (C=O) groups is 15. The Bertz CT molecular complexity index is 3500. The van der Waals surface area contributed by atoms with E-state index in [-0.39, 0.29) is 111 Å². The van der Waals surface area contributed by atoms with E-state index in [4.69, 9.17) is 27.7 Å². The zero-order valence-electron chi connectivity index (χ0n) is 70.2. The zero-order valence-corrected chi connectivity index (χ0v) is 70.2. The summed E-state index contributed by atoms with van der Waals surface area (Å²) in [6.45, 7) is 32.2. The van der Waals surface area contributed by atoms with Crippen LogP contribution in [0.15, 0.2) is 30.7 Å². The van der Waals surface area contributed by atoms with Crippen LogP contribution in [0.4, 0.5) is 5.69 Å². The fourth-order valence-electron chi connectivity index (χ4n) is 12.0. The molecule has 0 bridgehead atoms. The van der Waals surface area contributed by atoms with Crippen LogP contribution in [-0.2, 0) is 73.5 Å². The third kappa shape index (κ3) is 34.9. The van der Waals surface area contributed by atoms with Gasteiger partial charge in [-0.25, -0.2) is 4.98 Å². The van der Waals surface area contributed by atoms with E-state index >= 15 is 0 Å². The number of hydrazine groups is 1. The minimum atomic E-state index is -1.33. The molecule has 114 heavy (non-hydrogen) atoms. The standard InChI is InChI=1S/C78H134N20O16/c1-20-46(17)62(75(110)88-53(64(82)99)31-39(3)4)96-70(105)57(36-49-37-83-38-85-49)91-76(111)63(47(18)21-2)95-67(102)52(26-22-23-29-79)87-68(103)54(32-40(5)6)90-74(109)61(45(15)16)93-66(101)51(80)25-24-30-84-73(108)60(44(13)14)94-69(104)55(33-41(7)8)92-78(113)77(112)86-48-27-28-58(114-19)50(35-48)65(100)97-98-71(106)56(34-42(9)10)89-72(107)59(81)43(11)12/h27-28,35,37-47,51-57,59-63H,20-26,29-34,36,79-81H2,1-19H3,(H2,82,99)(H,83,85)(H,84,108)(H,86,112)(H,87,103)(H,88,110)(H,89,107)(H,90,109)(H,91,111)(H,92,113)(H,93,101)(H,94,104)(H,95,102)(H,96,105)(H,97,100)(H,98,106)/t46-,47-,51-,52-,53-,54-,55-,56-,57-,59-,60-,61-,62-,63-/m0/s1. The average Bonchev–Trinajstić information content (AvgIpc) is 0.873. The van der Waals surface area contributed by atoms with Crippen molar-refractivity contribution in [1.82, 2.24) is 79.3 Å². The molecule has 14 atom stereocenters. The van der Waals surface area contributed by atoms with Gasteiger partial charge in [0.15, 0.2) is 0 Å². The predicted octanol–water partition coefficient (Wildman–Crippen LogP) is 0.618. The Labute approximate surface area is 671 Å². The third-order valence-corrected chi connectivity index (χ3v) is 19.2. The summed E-state index contributed by atoms with van der Waals surface area (Å²) in [6.07, 6.45) is 5.18. The second kappa shape index (κ2) is 50.4. The first-order valence-electron chi connectivity index (χ1n) is 39.8. The van der Waals surface area contributed by atoms with Crippen LogP contribution in [0.5, 0.6) is 5.75 Å². The fourth-order valence-corrected chi connectivity index (χ4v) is 12.0. The molecule has 23 N–H and O–H groups in total. The quantitative estimate of drug-likeness (QED) is 0.0245. The lowest BCUT2D eigenvalue weighted by Crippen LogP contribution is -2.62. The summed E-state index contributed by atoms with van der Waals surface area (Å²) >= 11 is 0. The lowest BCUT2D eigenvalue weighted by Gasteiger charge is -2.31. The molecular weight excluding hydrogens is 1470 g/mol. The number of anilines is 1. The summed E-state index contributed by atoms with van der Waals surface area (Å²) in [5, 5.41) is 32.3. The van der Waals surface area contributed by atoms with Gasteiger partial charge >= 0.3 is 11.8 Å². The largest absolute Gasteiger partial charge is 0.496 e. The number of H-pyrrole nitrogens is 1. The Morgan fingerprint density at radius 1 is 0.456 bits per heavy atom. The Morgan fingerprint density at radius 3 is 1.39 bits per heavy atom. The molecule has 642 valence electrons. The molecule has 1 heterocycles. The molecule has 36 nitrogen and oxygen atoms in total. The topological polar surface area (TPSA) is 566 Å². The van der Waals surface area contributed by atoms with E-state index in [1.165, 1.54) is 37.8 Å². The Hall–Kier alpha value is -9.84. The number of primary amides is 1. The maximum atomic E-state index is 14.6. The fraction of sp³-hybridized carbons (Fsp3) is 0.692. The number of nitrogens with two attached hydrogens (primary N) is 4. The minimum Gasteiger partial charge on any atom is -0.496 e. The molecule has 0 aliphatic heterocycles. The van der Waals surface area contributed by atoms with Crippen molar-refractivity contribution in [1.29, 1.82) is 0 Å². The van der Waals surface area contributed by atoms with Crippen molar-refractivity contribution in [2.75, 3.05) is 25.5 Å². The second-order valence-electron chi connectivity index (χ2n) is 32.1. The normalized spacial score (nSPS) is 15.2. The highest BCUT2D eigenvalue weighted by Crippen LogP contribution is 2.24. The van der Waals surface area contributed by atoms with Gasteiger partial charge in [0.2, 0.25) is 65.0 Å². The van der Waals surface area contributed by atoms with E-state index in [9.17, 15) is 71.9 Å². The van der Waals surface area contributed by atoms with Crippen molar-refractivity contribution >= 4 is 94.3 Å². The number of benzene rings is 1. The zero-order chi connectivity index (χ0) is 86.5. The van der Waals surface area contributed by atoms with Gasteiger partial charge in [-0.3, -0.25) is 82.8 Å². The van der Waals surface area contributed by atoms with E-state index in [1.807, 2.05) is 48.5 Å². The Kier molecular flexibility index (Phi) is 44.3. The number of ether oxygens (including phenoxy) is 1. The molecule has 0 radical (unpaired) electrons. The van der Waals surface area contributed by atoms with Crippen molar-refractivity contribution < 1.29 is 76.7 Å². The van der Waals surface area contributed by atoms with E-state index < -0.39 is 185 Å². The summed E-state index contributed by atoms with van der Waals surface area (Å²) in [5.74, 6) is -14.5. The molecule has 0 fully saturated rings. The van der Waals surface area contributed by atoms with Crippen LogP contribution in [0.1, 0.15) is 211 Å². The van der Waals surface area contributed by atoms with Gasteiger partial charge in [-0.05, 0) is 136 Å². The second-order valence-corrected chi connectivity index (χ2v) is 32.1. The first-order chi connectivity index (χ1) is 53.4. The number of carbonyl (C=O) groups excluding carboxylic acids is 15. The lowest BCUT2D eigenvalue weighted by molar-refractivity contribution is -0.138. The lowest BCUT2D eigenvalue weighted by atomic mass is 9.95. The van der Waals surface area contributed by atoms with Crippen LogP contribution in [0, 0.1) is 53.3 Å². The van der Waals surface area contributed by atoms with Crippen LogP contribution >= 0.6 is 0 Å². The van der Waals surface area contributed by atoms with E-state index in [0.717, 1.165) is 0 Å². The van der Waals surface area contributed by atoms with Crippen molar-refractivity contribution in [2.45, 2.75) is 274 Å². The maximum Gasteiger partial charge on any atom is 0.313 e. The monoisotopic (exact) mass is 1610 g/mol. The van der Waals surface area contributed by atoms with E-state index in [2.05, 4.69) is 84.6 Å². The van der Waals surface area contributed by atoms with Gasteiger partial charge in [-0.2, -0.15) is 0 Å². The summed E-state index contributed by atoms with van der Waals surface area (Å²) in [7, 11) is 1.28. The molecule has 0 aliphatic carbocycles. The third-order valence-electron chi connectivity index (χ3n) is 19.2. The molecular formula is C78H134N20O16. The van der Waals surface area contributed by atoms with Crippen molar-refractivity contribution in [2.24, 2.45) is 76.2 Å². The number of unbranched alkanes of at least 4 members (excludes halogenated alkanes) is 1. The van der Waals surface area contributed by atoms with E-state index in [1.54, 1.807) is 76.2 Å². The van der Waals surface area contributed by atoms with Crippen LogP contribution in [0.3, 0.4) is 0 Å². The van der Waals surface area contributed by atoms with Gasteiger partial charge in [-0.15, -0.1) is 0 Å². The highest BCUT2D eigenvalue weighted by atomic mass is 16.5. The average molecular weight is 1610 g/mol. The molecule has 1 aromatic heterocycles. The highest BCUT2D eigenvalue weighted by molar-refractivity contribution is 6.40. The summed E-state index contributed by atoms with van der Waals surface area (Å²) < 4.78 is 5.34. The number of rotatable bonds is 50. The number of nitrogens with zero attached hydrogens (tertiary/aromatic N) is 1. The van der Waals surface area contributed by atoms with Gasteiger partial charge < -0.3 is 96.5 Å². The highest BCUT2D eigenvalue weighted by Gasteiger charge is 2.39. The summed E-state index contributed by atoms with van der Waals surface area (Å²) in [4.78, 5) is 213. The number of aromatic nitrogens is 2. The molecule has 0 saturated heterocycles. The first-order valence-corrected chi connectivity index (χ1v) is 39.8. The molecule has 0 unspecified atom stereocenters. The van der Waals surface area contributed by atoms with Gasteiger partial charge in [0.1, 0.15) is 66.2 Å². The SMILES string of the molecule is CC[C@H](C)[C@H](NC(=O)[C@H](Cc1cnc[nH]1)NC(=O)[C@@H](NC(=O)[C@H](CCCCN)NC(=O)[C@H](CC(C)C)NC(=O)[C@@H](NC(=O)[C@@H](N)CCCNC(=O)[C@@H](NC(=O)[C@H](CC(C)C)NC(=O)C(=O)Nc1ccc(OC)c(C(=O)NNC(=O)[C@H](CC(C)C)NC(=O)[C@@H](N)C(C)C)c1)C(C)C)C(C)C)[C@@H](C)CC)C(=O)N[C@@H](CC(C)C)C(N)=O. The van der Waals surface area contributed by atoms with Gasteiger partial charge in [-0.1, -0.05) is 137 Å². The molecule has 0 aliphatic rings. The number of amides is 15. The van der Waals surface area contributed by atoms with E-state index in [0.29, 0.717) is 31.4 Å². The molecule has 0 saturated carbocycles. The van der Waals surface area contributed by atoms with Crippen LogP contribution in [0.2, 0.25) is 0 Å². The van der Waals surface area contributed by atoms with Crippen molar-refractivity contribution in [3.05, 3.63) is 42.0 Å². The number of aromatic amines is 1. The maximum absolute atomic E-state index is 14.6.